The number of aromatic nitrogens is 1. The first-order chi connectivity index (χ1) is 17.4. The minimum Gasteiger partial charge on any atom is -0.395 e. The molecule has 36 heavy (non-hydrogen) atoms. The second-order valence-electron chi connectivity index (χ2n) is 9.32. The normalized spacial score (nSPS) is 14.2. The van der Waals surface area contributed by atoms with Gasteiger partial charge in [0.1, 0.15) is 11.6 Å². The van der Waals surface area contributed by atoms with Crippen molar-refractivity contribution < 1.29 is 14.3 Å². The van der Waals surface area contributed by atoms with E-state index in [1.165, 1.54) is 6.07 Å². The van der Waals surface area contributed by atoms with Crippen LogP contribution in [0.1, 0.15) is 55.2 Å². The van der Waals surface area contributed by atoms with E-state index in [4.69, 9.17) is 5.73 Å². The number of fused-ring (bicyclic) bond motifs is 2. The standard InChI is InChI=1S/C30H28FN3O2/c1-17-18(2)29(32)33-14-23(17)15-34-30(36)20-8-10-25-22(12-20)13-21-11-19(7-9-24(21)27(25)16-35)26-5-3-4-6-28(26)31/h3-12,14,27,35H,13,15-16H2,1-2H3,(H2,32,33)(H,34,36)/t27-/m0/s1. The van der Waals surface area contributed by atoms with Crippen molar-refractivity contribution in [1.29, 1.82) is 0 Å². The molecule has 0 saturated carbocycles. The van der Waals surface area contributed by atoms with E-state index in [0.29, 0.717) is 29.9 Å². The van der Waals surface area contributed by atoms with E-state index in [2.05, 4.69) is 10.3 Å². The van der Waals surface area contributed by atoms with Gasteiger partial charge in [-0.05, 0) is 83.0 Å². The fraction of sp³-hybridized carbons (Fsp3) is 0.200. The molecule has 1 aliphatic rings. The SMILES string of the molecule is Cc1c(CNC(=O)c2ccc3c(c2)Cc2cc(-c4ccccc4F)ccc2[C@@H]3CO)cnc(N)c1C. The molecule has 0 bridgehead atoms. The summed E-state index contributed by atoms with van der Waals surface area (Å²) in [6.45, 7) is 4.19. The number of nitrogen functional groups attached to an aromatic ring is 1. The number of nitrogens with two attached hydrogens (primary N) is 1. The van der Waals surface area contributed by atoms with Crippen LogP contribution in [0.25, 0.3) is 11.1 Å². The van der Waals surface area contributed by atoms with Crippen LogP contribution < -0.4 is 11.1 Å². The highest BCUT2D eigenvalue weighted by molar-refractivity contribution is 5.94. The lowest BCUT2D eigenvalue weighted by atomic mass is 9.77. The predicted molar refractivity (Wildman–Crippen MR) is 139 cm³/mol. The minimum absolute atomic E-state index is 0.0483. The lowest BCUT2D eigenvalue weighted by Gasteiger charge is -2.28. The molecule has 1 aliphatic carbocycles. The molecule has 4 N–H and O–H groups in total. The van der Waals surface area contributed by atoms with Gasteiger partial charge in [0.15, 0.2) is 0 Å². The van der Waals surface area contributed by atoms with Gasteiger partial charge in [0.25, 0.3) is 5.91 Å². The first-order valence-corrected chi connectivity index (χ1v) is 12.0. The average Bonchev–Trinajstić information content (AvgIpc) is 2.89. The minimum atomic E-state index is -0.270. The van der Waals surface area contributed by atoms with E-state index in [9.17, 15) is 14.3 Å². The molecule has 4 aromatic rings. The lowest BCUT2D eigenvalue weighted by molar-refractivity contribution is 0.0950. The Morgan fingerprint density at radius 3 is 2.53 bits per heavy atom. The Balaban J connectivity index is 1.41. The zero-order chi connectivity index (χ0) is 25.4. The summed E-state index contributed by atoms with van der Waals surface area (Å²) in [6, 6.07) is 18.2. The van der Waals surface area contributed by atoms with Crippen molar-refractivity contribution in [1.82, 2.24) is 10.3 Å². The van der Waals surface area contributed by atoms with Crippen molar-refractivity contribution in [3.63, 3.8) is 0 Å². The van der Waals surface area contributed by atoms with Crippen LogP contribution in [0.3, 0.4) is 0 Å². The number of benzene rings is 3. The molecule has 5 rings (SSSR count). The van der Waals surface area contributed by atoms with E-state index in [1.54, 1.807) is 24.4 Å². The average molecular weight is 482 g/mol. The highest BCUT2D eigenvalue weighted by atomic mass is 19.1. The van der Waals surface area contributed by atoms with Gasteiger partial charge in [-0.2, -0.15) is 0 Å². The van der Waals surface area contributed by atoms with Crippen LogP contribution in [-0.2, 0) is 13.0 Å². The van der Waals surface area contributed by atoms with Gasteiger partial charge in [0.2, 0.25) is 0 Å². The quantitative estimate of drug-likeness (QED) is 0.372. The van der Waals surface area contributed by atoms with Crippen LogP contribution in [-0.4, -0.2) is 22.6 Å². The molecule has 0 unspecified atom stereocenters. The van der Waals surface area contributed by atoms with Crippen LogP contribution in [0.15, 0.2) is 66.9 Å². The molecule has 0 aliphatic heterocycles. The molecule has 3 aromatic carbocycles. The molecule has 0 fully saturated rings. The third-order valence-electron chi connectivity index (χ3n) is 7.27. The first kappa shape index (κ1) is 23.7. The number of hydrogen-bond donors (Lipinski definition) is 3. The summed E-state index contributed by atoms with van der Waals surface area (Å²) in [4.78, 5) is 17.2. The number of halogens is 1. The molecule has 1 amide bonds. The summed E-state index contributed by atoms with van der Waals surface area (Å²) in [7, 11) is 0. The summed E-state index contributed by atoms with van der Waals surface area (Å²) in [6.07, 6.45) is 2.30. The molecule has 1 aromatic heterocycles. The van der Waals surface area contributed by atoms with Crippen molar-refractivity contribution in [3.8, 4) is 11.1 Å². The maximum absolute atomic E-state index is 14.4. The maximum Gasteiger partial charge on any atom is 0.251 e. The molecule has 1 atom stereocenters. The Bertz CT molecular complexity index is 1480. The van der Waals surface area contributed by atoms with Gasteiger partial charge in [-0.25, -0.2) is 9.37 Å². The number of pyridine rings is 1. The van der Waals surface area contributed by atoms with Crippen molar-refractivity contribution in [2.24, 2.45) is 0 Å². The maximum atomic E-state index is 14.4. The fourth-order valence-electron chi connectivity index (χ4n) is 5.00. The number of nitrogens with one attached hydrogen (secondary N) is 1. The number of amides is 1. The Labute approximate surface area is 209 Å². The van der Waals surface area contributed by atoms with Crippen LogP contribution in [0, 0.1) is 19.7 Å². The molecule has 1 heterocycles. The number of rotatable bonds is 5. The van der Waals surface area contributed by atoms with Crippen LogP contribution in [0.5, 0.6) is 0 Å². The van der Waals surface area contributed by atoms with Gasteiger partial charge in [-0.15, -0.1) is 0 Å². The fourth-order valence-corrected chi connectivity index (χ4v) is 5.00. The van der Waals surface area contributed by atoms with Gasteiger partial charge in [0.05, 0.1) is 6.61 Å². The lowest BCUT2D eigenvalue weighted by Crippen LogP contribution is -2.24. The summed E-state index contributed by atoms with van der Waals surface area (Å²) in [5.74, 6) is -0.151. The second kappa shape index (κ2) is 9.55. The zero-order valence-electron chi connectivity index (χ0n) is 20.3. The van der Waals surface area contributed by atoms with E-state index in [-0.39, 0.29) is 24.2 Å². The van der Waals surface area contributed by atoms with E-state index in [0.717, 1.165) is 44.5 Å². The topological polar surface area (TPSA) is 88.2 Å². The third-order valence-corrected chi connectivity index (χ3v) is 7.27. The Kier molecular flexibility index (Phi) is 6.29. The molecular formula is C30H28FN3O2. The number of anilines is 1. The van der Waals surface area contributed by atoms with Crippen molar-refractivity contribution >= 4 is 11.7 Å². The Morgan fingerprint density at radius 1 is 1.06 bits per heavy atom. The molecule has 182 valence electrons. The van der Waals surface area contributed by atoms with Gasteiger partial charge in [0, 0.05) is 29.8 Å². The predicted octanol–water partition coefficient (Wildman–Crippen LogP) is 5.05. The monoisotopic (exact) mass is 481 g/mol. The summed E-state index contributed by atoms with van der Waals surface area (Å²) in [5.41, 5.74) is 14.7. The number of aliphatic hydroxyl groups is 1. The molecule has 0 saturated heterocycles. The number of aliphatic hydroxyl groups excluding tert-OH is 1. The smallest absolute Gasteiger partial charge is 0.251 e. The van der Waals surface area contributed by atoms with E-state index in [1.807, 2.05) is 50.2 Å². The zero-order valence-corrected chi connectivity index (χ0v) is 20.3. The summed E-state index contributed by atoms with van der Waals surface area (Å²) in [5, 5.41) is 13.2. The van der Waals surface area contributed by atoms with Crippen LogP contribution in [0.2, 0.25) is 0 Å². The second-order valence-corrected chi connectivity index (χ2v) is 9.32. The summed E-state index contributed by atoms with van der Waals surface area (Å²) < 4.78 is 14.4. The van der Waals surface area contributed by atoms with Crippen LogP contribution >= 0.6 is 0 Å². The molecule has 0 radical (unpaired) electrons. The highest BCUT2D eigenvalue weighted by Crippen LogP contribution is 2.39. The summed E-state index contributed by atoms with van der Waals surface area (Å²) >= 11 is 0. The van der Waals surface area contributed by atoms with Crippen molar-refractivity contribution in [3.05, 3.63) is 117 Å². The largest absolute Gasteiger partial charge is 0.395 e. The number of carbonyl (C=O) groups excluding carboxylic acids is 1. The highest BCUT2D eigenvalue weighted by Gasteiger charge is 2.26. The van der Waals surface area contributed by atoms with Gasteiger partial charge in [-0.3, -0.25) is 4.79 Å². The third kappa shape index (κ3) is 4.25. The van der Waals surface area contributed by atoms with Crippen molar-refractivity contribution in [2.75, 3.05) is 12.3 Å². The molecular weight excluding hydrogens is 453 g/mol. The first-order valence-electron chi connectivity index (χ1n) is 12.0. The number of nitrogens with zero attached hydrogens (tertiary/aromatic N) is 1. The molecule has 5 nitrogen and oxygen atoms in total. The van der Waals surface area contributed by atoms with Gasteiger partial charge >= 0.3 is 0 Å². The molecule has 0 spiro atoms. The van der Waals surface area contributed by atoms with E-state index < -0.39 is 0 Å². The number of carbonyl (C=O) groups is 1. The number of hydrogen-bond acceptors (Lipinski definition) is 4. The van der Waals surface area contributed by atoms with E-state index >= 15 is 0 Å². The van der Waals surface area contributed by atoms with Gasteiger partial charge in [-0.1, -0.05) is 42.5 Å². The Hall–Kier alpha value is -4.03. The van der Waals surface area contributed by atoms with Gasteiger partial charge < -0.3 is 16.2 Å². The Morgan fingerprint density at radius 2 is 1.78 bits per heavy atom. The van der Waals surface area contributed by atoms with Crippen LogP contribution in [0.4, 0.5) is 10.2 Å². The molecule has 6 heteroatoms. The van der Waals surface area contributed by atoms with Crippen molar-refractivity contribution in [2.45, 2.75) is 32.7 Å².